The van der Waals surface area contributed by atoms with Gasteiger partial charge in [-0.25, -0.2) is 4.98 Å². The van der Waals surface area contributed by atoms with E-state index in [1.807, 2.05) is 31.2 Å². The standard InChI is InChI=1S/C19H14N4O2S/c1-13-4-2-6-16(8-13)21-11-15(10-20)19-22-18(12-26-19)14-5-3-7-17(9-14)23(24)25/h2-9,11-12,21H,1H3/b15-11+. The molecule has 1 N–H and O–H groups in total. The highest BCUT2D eigenvalue weighted by Gasteiger charge is 2.12. The first-order valence-corrected chi connectivity index (χ1v) is 8.59. The number of aryl methyl sites for hydroxylation is 1. The topological polar surface area (TPSA) is 91.8 Å². The molecule has 2 aromatic carbocycles. The number of hydrogen-bond donors (Lipinski definition) is 1. The van der Waals surface area contributed by atoms with Gasteiger partial charge in [0, 0.05) is 35.0 Å². The van der Waals surface area contributed by atoms with Gasteiger partial charge in [-0.1, -0.05) is 24.3 Å². The summed E-state index contributed by atoms with van der Waals surface area (Å²) in [5, 5.41) is 25.8. The van der Waals surface area contributed by atoms with Gasteiger partial charge >= 0.3 is 0 Å². The Morgan fingerprint density at radius 2 is 2.12 bits per heavy atom. The van der Waals surface area contributed by atoms with Crippen LogP contribution in [0, 0.1) is 28.4 Å². The number of allylic oxidation sites excluding steroid dienone is 1. The summed E-state index contributed by atoms with van der Waals surface area (Å²) >= 11 is 1.32. The Labute approximate surface area is 154 Å². The molecule has 0 spiro atoms. The number of thiazole rings is 1. The summed E-state index contributed by atoms with van der Waals surface area (Å²) in [6, 6.07) is 16.2. The minimum absolute atomic E-state index is 0.00853. The first kappa shape index (κ1) is 17.3. The Hall–Kier alpha value is -3.50. The average Bonchev–Trinajstić information content (AvgIpc) is 3.12. The van der Waals surface area contributed by atoms with Crippen LogP contribution in [0.1, 0.15) is 10.6 Å². The van der Waals surface area contributed by atoms with Crippen LogP contribution in [0.2, 0.25) is 0 Å². The Morgan fingerprint density at radius 1 is 1.31 bits per heavy atom. The first-order valence-electron chi connectivity index (χ1n) is 7.71. The zero-order valence-electron chi connectivity index (χ0n) is 13.8. The molecule has 0 atom stereocenters. The molecule has 26 heavy (non-hydrogen) atoms. The number of anilines is 1. The number of non-ortho nitro benzene ring substituents is 1. The SMILES string of the molecule is Cc1cccc(N/C=C(\C#N)c2nc(-c3cccc([N+](=O)[O-])c3)cs2)c1. The highest BCUT2D eigenvalue weighted by Crippen LogP contribution is 2.28. The summed E-state index contributed by atoms with van der Waals surface area (Å²) in [5.74, 6) is 0. The molecule has 1 aromatic heterocycles. The number of nitrogens with zero attached hydrogens (tertiary/aromatic N) is 3. The fourth-order valence-corrected chi connectivity index (χ4v) is 3.14. The van der Waals surface area contributed by atoms with Crippen LogP contribution in [0.3, 0.4) is 0 Å². The van der Waals surface area contributed by atoms with Crippen molar-refractivity contribution in [3.05, 3.63) is 80.8 Å². The third-order valence-corrected chi connectivity index (χ3v) is 4.48. The van der Waals surface area contributed by atoms with Gasteiger partial charge in [-0.15, -0.1) is 11.3 Å². The van der Waals surface area contributed by atoms with E-state index >= 15 is 0 Å². The molecule has 0 aliphatic heterocycles. The predicted octanol–water partition coefficient (Wildman–Crippen LogP) is 5.00. The zero-order chi connectivity index (χ0) is 18.5. The number of benzene rings is 2. The van der Waals surface area contributed by atoms with Crippen molar-refractivity contribution < 1.29 is 4.92 Å². The summed E-state index contributed by atoms with van der Waals surface area (Å²) in [7, 11) is 0. The molecule has 6 nitrogen and oxygen atoms in total. The van der Waals surface area contributed by atoms with Crippen molar-refractivity contribution in [1.29, 1.82) is 5.26 Å². The minimum atomic E-state index is -0.441. The van der Waals surface area contributed by atoms with E-state index in [4.69, 9.17) is 0 Å². The molecule has 0 radical (unpaired) electrons. The first-order chi connectivity index (χ1) is 12.6. The Morgan fingerprint density at radius 3 is 2.85 bits per heavy atom. The van der Waals surface area contributed by atoms with Crippen molar-refractivity contribution in [2.45, 2.75) is 6.92 Å². The second-order valence-corrected chi connectivity index (χ2v) is 6.39. The van der Waals surface area contributed by atoms with Crippen molar-refractivity contribution in [2.75, 3.05) is 5.32 Å². The lowest BCUT2D eigenvalue weighted by atomic mass is 10.1. The van der Waals surface area contributed by atoms with Gasteiger partial charge in [-0.3, -0.25) is 10.1 Å². The maximum Gasteiger partial charge on any atom is 0.270 e. The van der Waals surface area contributed by atoms with E-state index < -0.39 is 4.92 Å². The lowest BCUT2D eigenvalue weighted by molar-refractivity contribution is -0.384. The third kappa shape index (κ3) is 3.94. The van der Waals surface area contributed by atoms with E-state index in [-0.39, 0.29) is 5.69 Å². The van der Waals surface area contributed by atoms with Gasteiger partial charge in [0.25, 0.3) is 5.69 Å². The number of hydrogen-bond acceptors (Lipinski definition) is 6. The number of aromatic nitrogens is 1. The minimum Gasteiger partial charge on any atom is -0.360 e. The quantitative estimate of drug-likeness (QED) is 0.391. The molecule has 0 aliphatic carbocycles. The normalized spacial score (nSPS) is 11.0. The van der Waals surface area contributed by atoms with Crippen LogP contribution >= 0.6 is 11.3 Å². The lowest BCUT2D eigenvalue weighted by Gasteiger charge is -2.02. The number of nitriles is 1. The summed E-state index contributed by atoms with van der Waals surface area (Å²) < 4.78 is 0. The van der Waals surface area contributed by atoms with Crippen LogP contribution in [0.15, 0.2) is 60.1 Å². The predicted molar refractivity (Wildman–Crippen MR) is 103 cm³/mol. The Kier molecular flexibility index (Phi) is 5.06. The molecule has 0 bridgehead atoms. The van der Waals surface area contributed by atoms with Gasteiger partial charge in [-0.2, -0.15) is 5.26 Å². The largest absolute Gasteiger partial charge is 0.360 e. The van der Waals surface area contributed by atoms with Crippen molar-refractivity contribution in [3.63, 3.8) is 0 Å². The molecule has 128 valence electrons. The number of rotatable bonds is 5. The van der Waals surface area contributed by atoms with Crippen molar-refractivity contribution >= 4 is 28.3 Å². The van der Waals surface area contributed by atoms with E-state index in [0.29, 0.717) is 21.8 Å². The molecule has 0 fully saturated rings. The van der Waals surface area contributed by atoms with Crippen LogP contribution in [0.25, 0.3) is 16.8 Å². The second-order valence-electron chi connectivity index (χ2n) is 5.53. The fraction of sp³-hybridized carbons (Fsp3) is 0.0526. The smallest absolute Gasteiger partial charge is 0.270 e. The van der Waals surface area contributed by atoms with Crippen molar-refractivity contribution in [2.24, 2.45) is 0 Å². The molecular formula is C19H14N4O2S. The molecule has 0 unspecified atom stereocenters. The van der Waals surface area contributed by atoms with Gasteiger partial charge in [0.2, 0.25) is 0 Å². The van der Waals surface area contributed by atoms with Gasteiger partial charge in [0.1, 0.15) is 16.6 Å². The fourth-order valence-electron chi connectivity index (χ4n) is 2.34. The Bertz CT molecular complexity index is 1030. The number of nitrogens with one attached hydrogen (secondary N) is 1. The Balaban J connectivity index is 1.85. The summed E-state index contributed by atoms with van der Waals surface area (Å²) in [6.45, 7) is 1.99. The van der Waals surface area contributed by atoms with Gasteiger partial charge in [-0.05, 0) is 24.6 Å². The van der Waals surface area contributed by atoms with E-state index in [9.17, 15) is 15.4 Å². The molecule has 0 amide bonds. The van der Waals surface area contributed by atoms with E-state index in [1.165, 1.54) is 23.5 Å². The van der Waals surface area contributed by atoms with Crippen LogP contribution < -0.4 is 5.32 Å². The molecule has 0 saturated heterocycles. The van der Waals surface area contributed by atoms with Crippen LogP contribution in [0.4, 0.5) is 11.4 Å². The zero-order valence-corrected chi connectivity index (χ0v) is 14.7. The van der Waals surface area contributed by atoms with E-state index in [0.717, 1.165) is 11.3 Å². The highest BCUT2D eigenvalue weighted by atomic mass is 32.1. The molecule has 0 saturated carbocycles. The molecule has 0 aliphatic rings. The van der Waals surface area contributed by atoms with Gasteiger partial charge in [0.05, 0.1) is 10.6 Å². The van der Waals surface area contributed by atoms with Crippen molar-refractivity contribution in [3.8, 4) is 17.3 Å². The molecule has 3 rings (SSSR count). The van der Waals surface area contributed by atoms with E-state index in [1.54, 1.807) is 23.7 Å². The maximum atomic E-state index is 10.9. The van der Waals surface area contributed by atoms with Crippen LogP contribution in [-0.4, -0.2) is 9.91 Å². The summed E-state index contributed by atoms with van der Waals surface area (Å²) in [6.07, 6.45) is 1.62. The number of nitro benzene ring substituents is 1. The summed E-state index contributed by atoms with van der Waals surface area (Å²) in [5.41, 5.74) is 3.65. The molecule has 1 heterocycles. The van der Waals surface area contributed by atoms with Crippen molar-refractivity contribution in [1.82, 2.24) is 4.98 Å². The van der Waals surface area contributed by atoms with Gasteiger partial charge in [0.15, 0.2) is 0 Å². The highest BCUT2D eigenvalue weighted by molar-refractivity contribution is 7.11. The second kappa shape index (κ2) is 7.59. The molecular weight excluding hydrogens is 348 g/mol. The monoisotopic (exact) mass is 362 g/mol. The number of nitro groups is 1. The maximum absolute atomic E-state index is 10.9. The van der Waals surface area contributed by atoms with Crippen LogP contribution in [-0.2, 0) is 0 Å². The van der Waals surface area contributed by atoms with Gasteiger partial charge < -0.3 is 5.32 Å². The average molecular weight is 362 g/mol. The van der Waals surface area contributed by atoms with E-state index in [2.05, 4.69) is 16.4 Å². The third-order valence-electron chi connectivity index (χ3n) is 3.61. The lowest BCUT2D eigenvalue weighted by Crippen LogP contribution is -1.91. The van der Waals surface area contributed by atoms with Crippen LogP contribution in [0.5, 0.6) is 0 Å². The molecule has 3 aromatic rings. The summed E-state index contributed by atoms with van der Waals surface area (Å²) in [4.78, 5) is 14.9. The molecule has 7 heteroatoms.